The van der Waals surface area contributed by atoms with Gasteiger partial charge in [0.25, 0.3) is 0 Å². The molecule has 0 amide bonds. The predicted molar refractivity (Wildman–Crippen MR) is 56.7 cm³/mol. The number of hydrogen-bond donors (Lipinski definition) is 1. The van der Waals surface area contributed by atoms with Crippen molar-refractivity contribution in [3.8, 4) is 6.07 Å². The normalized spacial score (nSPS) is 10.3. The molecule has 1 radical (unpaired) electrons. The third kappa shape index (κ3) is 1.38. The van der Waals surface area contributed by atoms with E-state index in [9.17, 15) is 0 Å². The van der Waals surface area contributed by atoms with Crippen LogP contribution >= 0.6 is 0 Å². The lowest BCUT2D eigenvalue weighted by molar-refractivity contribution is 1.01. The van der Waals surface area contributed by atoms with Gasteiger partial charge < -0.3 is 4.98 Å². The molecular formula is C12H11N2. The molecule has 14 heavy (non-hydrogen) atoms. The fraction of sp³-hybridized carbons (Fsp3) is 0.167. The number of hydrogen-bond acceptors (Lipinski definition) is 1. The molecule has 0 aliphatic rings. The van der Waals surface area contributed by atoms with Crippen LogP contribution in [-0.2, 0) is 6.42 Å². The molecule has 0 spiro atoms. The monoisotopic (exact) mass is 183 g/mol. The van der Waals surface area contributed by atoms with Crippen LogP contribution < -0.4 is 0 Å². The third-order valence-corrected chi connectivity index (χ3v) is 2.34. The maximum atomic E-state index is 8.78. The molecule has 1 aromatic carbocycles. The summed E-state index contributed by atoms with van der Waals surface area (Å²) in [6, 6.07) is 7.85. The molecular weight excluding hydrogens is 172 g/mol. The van der Waals surface area contributed by atoms with Gasteiger partial charge >= 0.3 is 0 Å². The number of H-pyrrole nitrogens is 1. The quantitative estimate of drug-likeness (QED) is 0.764. The Balaban J connectivity index is 2.59. The fourth-order valence-corrected chi connectivity index (χ4v) is 1.65. The average molecular weight is 183 g/mol. The van der Waals surface area contributed by atoms with E-state index in [2.05, 4.69) is 18.0 Å². The maximum Gasteiger partial charge on any atom is 0.0991 e. The minimum atomic E-state index is 0.711. The lowest BCUT2D eigenvalue weighted by atomic mass is 10.1. The Morgan fingerprint density at radius 3 is 3.00 bits per heavy atom. The van der Waals surface area contributed by atoms with Gasteiger partial charge in [-0.2, -0.15) is 5.26 Å². The van der Waals surface area contributed by atoms with Gasteiger partial charge in [-0.05, 0) is 36.6 Å². The SMILES string of the molecule is [CH2]CCc1c[nH]c2ccc(C#N)cc12. The first-order valence-corrected chi connectivity index (χ1v) is 4.64. The first-order valence-electron chi connectivity index (χ1n) is 4.64. The van der Waals surface area contributed by atoms with Crippen LogP contribution in [0.2, 0.25) is 0 Å². The van der Waals surface area contributed by atoms with Gasteiger partial charge in [-0.1, -0.05) is 6.92 Å². The number of benzene rings is 1. The Kier molecular flexibility index (Phi) is 2.24. The van der Waals surface area contributed by atoms with Gasteiger partial charge in [0, 0.05) is 17.1 Å². The zero-order valence-electron chi connectivity index (χ0n) is 7.88. The second-order valence-corrected chi connectivity index (χ2v) is 3.29. The van der Waals surface area contributed by atoms with Crippen molar-refractivity contribution in [2.75, 3.05) is 0 Å². The molecule has 2 heteroatoms. The van der Waals surface area contributed by atoms with E-state index < -0.39 is 0 Å². The van der Waals surface area contributed by atoms with E-state index in [1.54, 1.807) is 0 Å². The van der Waals surface area contributed by atoms with Crippen molar-refractivity contribution in [3.63, 3.8) is 0 Å². The van der Waals surface area contributed by atoms with Crippen LogP contribution in [0.4, 0.5) is 0 Å². The summed E-state index contributed by atoms with van der Waals surface area (Å²) in [5, 5.41) is 9.93. The summed E-state index contributed by atoms with van der Waals surface area (Å²) in [6.07, 6.45) is 3.83. The number of aromatic nitrogens is 1. The van der Waals surface area contributed by atoms with Crippen molar-refractivity contribution < 1.29 is 0 Å². The van der Waals surface area contributed by atoms with Gasteiger partial charge in [0.2, 0.25) is 0 Å². The molecule has 0 unspecified atom stereocenters. The third-order valence-electron chi connectivity index (χ3n) is 2.34. The molecule has 0 fully saturated rings. The second kappa shape index (κ2) is 3.55. The Hall–Kier alpha value is -1.75. The molecule has 69 valence electrons. The molecule has 1 heterocycles. The van der Waals surface area contributed by atoms with Crippen molar-refractivity contribution in [2.45, 2.75) is 12.8 Å². The van der Waals surface area contributed by atoms with Gasteiger partial charge in [-0.3, -0.25) is 0 Å². The number of nitrogens with one attached hydrogen (secondary N) is 1. The highest BCUT2D eigenvalue weighted by atomic mass is 14.7. The number of rotatable bonds is 2. The Morgan fingerprint density at radius 2 is 2.29 bits per heavy atom. The van der Waals surface area contributed by atoms with Crippen molar-refractivity contribution in [1.29, 1.82) is 5.26 Å². The molecule has 0 bridgehead atoms. The highest BCUT2D eigenvalue weighted by Crippen LogP contribution is 2.20. The molecule has 0 aliphatic heterocycles. The van der Waals surface area contributed by atoms with Crippen LogP contribution in [0.3, 0.4) is 0 Å². The first-order chi connectivity index (χ1) is 6.85. The summed E-state index contributed by atoms with van der Waals surface area (Å²) >= 11 is 0. The molecule has 0 atom stereocenters. The van der Waals surface area contributed by atoms with Gasteiger partial charge in [-0.25, -0.2) is 0 Å². The van der Waals surface area contributed by atoms with Gasteiger partial charge in [-0.15, -0.1) is 0 Å². The Labute approximate surface area is 83.2 Å². The number of nitriles is 1. The molecule has 0 aliphatic carbocycles. The molecule has 1 N–H and O–H groups in total. The lowest BCUT2D eigenvalue weighted by Crippen LogP contribution is -1.80. The molecule has 2 rings (SSSR count). The Bertz CT molecular complexity index is 488. The number of aromatic amines is 1. The van der Waals surface area contributed by atoms with E-state index in [1.807, 2.05) is 24.4 Å². The van der Waals surface area contributed by atoms with E-state index >= 15 is 0 Å². The maximum absolute atomic E-state index is 8.78. The molecule has 1 aromatic heterocycles. The number of fused-ring (bicyclic) bond motifs is 1. The van der Waals surface area contributed by atoms with E-state index in [0.717, 1.165) is 23.7 Å². The van der Waals surface area contributed by atoms with Crippen molar-refractivity contribution in [1.82, 2.24) is 4.98 Å². The standard InChI is InChI=1S/C12H11N2/c1-2-3-10-8-14-12-5-4-9(7-13)6-11(10)12/h4-6,8,14H,1-3H2. The van der Waals surface area contributed by atoms with Crippen LogP contribution in [-0.4, -0.2) is 4.98 Å². The van der Waals surface area contributed by atoms with Crippen molar-refractivity contribution in [3.05, 3.63) is 42.4 Å². The van der Waals surface area contributed by atoms with E-state index in [4.69, 9.17) is 5.26 Å². The number of nitrogens with zero attached hydrogens (tertiary/aromatic N) is 1. The van der Waals surface area contributed by atoms with Crippen LogP contribution in [0.25, 0.3) is 10.9 Å². The van der Waals surface area contributed by atoms with Crippen LogP contribution in [0.1, 0.15) is 17.5 Å². The summed E-state index contributed by atoms with van der Waals surface area (Å²) in [4.78, 5) is 3.19. The summed E-state index contributed by atoms with van der Waals surface area (Å²) < 4.78 is 0. The zero-order valence-corrected chi connectivity index (χ0v) is 7.88. The molecule has 2 nitrogen and oxygen atoms in total. The first kappa shape index (κ1) is 8.83. The van der Waals surface area contributed by atoms with Crippen molar-refractivity contribution >= 4 is 10.9 Å². The van der Waals surface area contributed by atoms with Crippen LogP contribution in [0.5, 0.6) is 0 Å². The highest BCUT2D eigenvalue weighted by molar-refractivity contribution is 5.84. The molecule has 0 saturated heterocycles. The van der Waals surface area contributed by atoms with E-state index in [0.29, 0.717) is 5.56 Å². The van der Waals surface area contributed by atoms with Crippen LogP contribution in [0.15, 0.2) is 24.4 Å². The average Bonchev–Trinajstić information content (AvgIpc) is 2.61. The van der Waals surface area contributed by atoms with Gasteiger partial charge in [0.1, 0.15) is 0 Å². The topological polar surface area (TPSA) is 39.6 Å². The fourth-order valence-electron chi connectivity index (χ4n) is 1.65. The van der Waals surface area contributed by atoms with Gasteiger partial charge in [0.15, 0.2) is 0 Å². The van der Waals surface area contributed by atoms with Crippen LogP contribution in [0, 0.1) is 18.3 Å². The second-order valence-electron chi connectivity index (χ2n) is 3.29. The molecule has 0 saturated carbocycles. The Morgan fingerprint density at radius 1 is 1.43 bits per heavy atom. The largest absolute Gasteiger partial charge is 0.361 e. The minimum absolute atomic E-state index is 0.711. The summed E-state index contributed by atoms with van der Waals surface area (Å²) in [6.45, 7) is 3.83. The smallest absolute Gasteiger partial charge is 0.0991 e. The lowest BCUT2D eigenvalue weighted by Gasteiger charge is -1.95. The number of aryl methyl sites for hydroxylation is 1. The van der Waals surface area contributed by atoms with Gasteiger partial charge in [0.05, 0.1) is 11.6 Å². The highest BCUT2D eigenvalue weighted by Gasteiger charge is 2.03. The summed E-state index contributed by atoms with van der Waals surface area (Å²) in [5.41, 5.74) is 3.04. The van der Waals surface area contributed by atoms with E-state index in [1.165, 1.54) is 5.56 Å². The summed E-state index contributed by atoms with van der Waals surface area (Å²) in [7, 11) is 0. The predicted octanol–water partition coefficient (Wildman–Crippen LogP) is 2.81. The zero-order chi connectivity index (χ0) is 9.97. The molecule has 2 aromatic rings. The van der Waals surface area contributed by atoms with E-state index in [-0.39, 0.29) is 0 Å². The van der Waals surface area contributed by atoms with Crippen molar-refractivity contribution in [2.24, 2.45) is 0 Å². The minimum Gasteiger partial charge on any atom is -0.361 e. The summed E-state index contributed by atoms with van der Waals surface area (Å²) in [5.74, 6) is 0.